The molecule has 3 atom stereocenters. The molecule has 2 amide bonds. The van der Waals surface area contributed by atoms with E-state index in [0.29, 0.717) is 0 Å². The number of carbonyl (C=O) groups excluding carboxylic acids is 1. The van der Waals surface area contributed by atoms with E-state index in [2.05, 4.69) is 15.5 Å². The van der Waals surface area contributed by atoms with E-state index < -0.39 is 0 Å². The molecule has 0 bridgehead atoms. The van der Waals surface area contributed by atoms with Crippen molar-refractivity contribution in [1.82, 2.24) is 15.5 Å². The molecule has 0 aromatic rings. The maximum atomic E-state index is 11.9. The summed E-state index contributed by atoms with van der Waals surface area (Å²) in [6.45, 7) is 5.15. The highest BCUT2D eigenvalue weighted by Gasteiger charge is 2.39. The summed E-state index contributed by atoms with van der Waals surface area (Å²) in [7, 11) is 4.05. The fraction of sp³-hybridized carbons (Fsp3) is 0.929. The molecule has 1 fully saturated rings. The molecular formula is C14H29N3O2. The number of nitrogens with one attached hydrogen (secondary N) is 2. The van der Waals surface area contributed by atoms with Crippen molar-refractivity contribution >= 4 is 6.03 Å². The zero-order valence-electron chi connectivity index (χ0n) is 12.7. The molecule has 5 heteroatoms. The largest absolute Gasteiger partial charge is 0.396 e. The van der Waals surface area contributed by atoms with Crippen LogP contribution in [0.3, 0.4) is 0 Å². The molecule has 3 unspecified atom stereocenters. The molecule has 0 saturated heterocycles. The zero-order chi connectivity index (χ0) is 14.5. The van der Waals surface area contributed by atoms with Crippen LogP contribution in [0, 0.1) is 5.41 Å². The van der Waals surface area contributed by atoms with Crippen molar-refractivity contribution in [2.75, 3.05) is 27.2 Å². The maximum Gasteiger partial charge on any atom is 0.315 e. The van der Waals surface area contributed by atoms with E-state index >= 15 is 0 Å². The van der Waals surface area contributed by atoms with Gasteiger partial charge in [0.25, 0.3) is 0 Å². The van der Waals surface area contributed by atoms with Gasteiger partial charge in [0.2, 0.25) is 0 Å². The topological polar surface area (TPSA) is 64.6 Å². The van der Waals surface area contributed by atoms with E-state index in [1.807, 2.05) is 27.9 Å². The van der Waals surface area contributed by atoms with Gasteiger partial charge in [-0.05, 0) is 46.8 Å². The van der Waals surface area contributed by atoms with Crippen LogP contribution >= 0.6 is 0 Å². The summed E-state index contributed by atoms with van der Waals surface area (Å²) in [6.07, 6.45) is 3.93. The third-order valence-corrected chi connectivity index (χ3v) is 4.14. The van der Waals surface area contributed by atoms with Gasteiger partial charge < -0.3 is 20.6 Å². The number of nitrogens with zero attached hydrogens (tertiary/aromatic N) is 1. The molecule has 1 rings (SSSR count). The van der Waals surface area contributed by atoms with E-state index in [4.69, 9.17) is 0 Å². The molecule has 0 heterocycles. The van der Waals surface area contributed by atoms with Gasteiger partial charge in [-0.2, -0.15) is 0 Å². The second kappa shape index (κ2) is 7.10. The molecule has 19 heavy (non-hydrogen) atoms. The lowest BCUT2D eigenvalue weighted by atomic mass is 9.86. The number of carbonyl (C=O) groups is 1. The maximum absolute atomic E-state index is 11.9. The lowest BCUT2D eigenvalue weighted by Crippen LogP contribution is -2.50. The summed E-state index contributed by atoms with van der Waals surface area (Å²) in [5.74, 6) is 0. The van der Waals surface area contributed by atoms with E-state index in [1.54, 1.807) is 0 Å². The van der Waals surface area contributed by atoms with Crippen molar-refractivity contribution in [1.29, 1.82) is 0 Å². The summed E-state index contributed by atoms with van der Waals surface area (Å²) in [5, 5.41) is 15.4. The Morgan fingerprint density at radius 3 is 2.79 bits per heavy atom. The van der Waals surface area contributed by atoms with Crippen molar-refractivity contribution in [3.63, 3.8) is 0 Å². The number of rotatable bonds is 6. The van der Waals surface area contributed by atoms with Crippen LogP contribution in [-0.2, 0) is 0 Å². The summed E-state index contributed by atoms with van der Waals surface area (Å²) in [4.78, 5) is 14.0. The summed E-state index contributed by atoms with van der Waals surface area (Å²) < 4.78 is 0. The number of amides is 2. The van der Waals surface area contributed by atoms with Gasteiger partial charge in [-0.3, -0.25) is 0 Å². The second-order valence-corrected chi connectivity index (χ2v) is 6.37. The van der Waals surface area contributed by atoms with Crippen LogP contribution in [0.15, 0.2) is 0 Å². The quantitative estimate of drug-likeness (QED) is 0.679. The molecular weight excluding hydrogens is 242 g/mol. The van der Waals surface area contributed by atoms with Crippen LogP contribution in [0.2, 0.25) is 0 Å². The average Bonchev–Trinajstić information content (AvgIpc) is 2.69. The lowest BCUT2D eigenvalue weighted by molar-refractivity contribution is 0.120. The first-order valence-electron chi connectivity index (χ1n) is 7.20. The van der Waals surface area contributed by atoms with Gasteiger partial charge in [-0.15, -0.1) is 0 Å². The third-order valence-electron chi connectivity index (χ3n) is 4.14. The van der Waals surface area contributed by atoms with Crippen LogP contribution in [0.1, 0.15) is 39.5 Å². The summed E-state index contributed by atoms with van der Waals surface area (Å²) in [5.41, 5.74) is -0.162. The van der Waals surface area contributed by atoms with Gasteiger partial charge in [0, 0.05) is 17.5 Å². The number of aliphatic hydroxyl groups is 1. The minimum absolute atomic E-state index is 0.0820. The smallest absolute Gasteiger partial charge is 0.315 e. The Kier molecular flexibility index (Phi) is 6.07. The first-order chi connectivity index (χ1) is 8.87. The molecule has 0 aromatic carbocycles. The predicted octanol–water partition coefficient (Wildman–Crippen LogP) is 1.18. The van der Waals surface area contributed by atoms with Crippen molar-refractivity contribution in [3.8, 4) is 0 Å². The van der Waals surface area contributed by atoms with E-state index in [-0.39, 0.29) is 30.1 Å². The highest BCUT2D eigenvalue weighted by molar-refractivity contribution is 5.74. The molecule has 3 N–H and O–H groups in total. The molecule has 0 aliphatic heterocycles. The number of aliphatic hydroxyl groups excluding tert-OH is 1. The van der Waals surface area contributed by atoms with Gasteiger partial charge in [0.05, 0.1) is 6.61 Å². The molecule has 1 aliphatic carbocycles. The second-order valence-electron chi connectivity index (χ2n) is 6.37. The molecule has 0 spiro atoms. The highest BCUT2D eigenvalue weighted by Crippen LogP contribution is 2.37. The van der Waals surface area contributed by atoms with Gasteiger partial charge in [-0.25, -0.2) is 4.79 Å². The number of hydrogen-bond acceptors (Lipinski definition) is 3. The molecule has 5 nitrogen and oxygen atoms in total. The van der Waals surface area contributed by atoms with Crippen LogP contribution in [-0.4, -0.2) is 55.4 Å². The fourth-order valence-corrected chi connectivity index (χ4v) is 2.62. The fourth-order valence-electron chi connectivity index (χ4n) is 2.62. The first-order valence-corrected chi connectivity index (χ1v) is 7.20. The first kappa shape index (κ1) is 16.2. The standard InChI is InChI=1S/C14H29N3O2/c1-11(7-9-17(3)4)15-13(19)16-12-6-5-8-14(12,2)10-18/h11-12,18H,5-10H2,1-4H3,(H2,15,16,19). The molecule has 112 valence electrons. The van der Waals surface area contributed by atoms with E-state index in [0.717, 1.165) is 32.2 Å². The minimum atomic E-state index is -0.162. The van der Waals surface area contributed by atoms with E-state index in [1.165, 1.54) is 0 Å². The van der Waals surface area contributed by atoms with Crippen molar-refractivity contribution in [3.05, 3.63) is 0 Å². The number of hydrogen-bond donors (Lipinski definition) is 3. The Balaban J connectivity index is 2.34. The molecule has 1 aliphatic rings. The Hall–Kier alpha value is -0.810. The third kappa shape index (κ3) is 4.99. The lowest BCUT2D eigenvalue weighted by Gasteiger charge is -2.30. The van der Waals surface area contributed by atoms with Gasteiger partial charge in [-0.1, -0.05) is 13.3 Å². The normalized spacial score (nSPS) is 28.4. The average molecular weight is 271 g/mol. The highest BCUT2D eigenvalue weighted by atomic mass is 16.3. The number of urea groups is 1. The Morgan fingerprint density at radius 2 is 2.21 bits per heavy atom. The van der Waals surface area contributed by atoms with Crippen LogP contribution in [0.25, 0.3) is 0 Å². The monoisotopic (exact) mass is 271 g/mol. The van der Waals surface area contributed by atoms with Crippen molar-refractivity contribution in [2.45, 2.75) is 51.6 Å². The summed E-state index contributed by atoms with van der Waals surface area (Å²) in [6, 6.07) is 0.126. The summed E-state index contributed by atoms with van der Waals surface area (Å²) >= 11 is 0. The Labute approximate surface area is 116 Å². The van der Waals surface area contributed by atoms with Gasteiger partial charge >= 0.3 is 6.03 Å². The molecule has 0 radical (unpaired) electrons. The van der Waals surface area contributed by atoms with E-state index in [9.17, 15) is 9.90 Å². The SMILES string of the molecule is CC(CCN(C)C)NC(=O)NC1CCCC1(C)CO. The van der Waals surface area contributed by atoms with Crippen LogP contribution in [0.5, 0.6) is 0 Å². The van der Waals surface area contributed by atoms with Crippen molar-refractivity contribution in [2.24, 2.45) is 5.41 Å². The van der Waals surface area contributed by atoms with Crippen LogP contribution in [0.4, 0.5) is 4.79 Å². The minimum Gasteiger partial charge on any atom is -0.396 e. The Morgan fingerprint density at radius 1 is 1.53 bits per heavy atom. The molecule has 0 aromatic heterocycles. The molecule has 1 saturated carbocycles. The Bertz CT molecular complexity index is 296. The van der Waals surface area contributed by atoms with Crippen molar-refractivity contribution < 1.29 is 9.90 Å². The van der Waals surface area contributed by atoms with Crippen LogP contribution < -0.4 is 10.6 Å². The van der Waals surface area contributed by atoms with Gasteiger partial charge in [0.1, 0.15) is 0 Å². The predicted molar refractivity (Wildman–Crippen MR) is 77.1 cm³/mol. The van der Waals surface area contributed by atoms with Gasteiger partial charge in [0.15, 0.2) is 0 Å². The zero-order valence-corrected chi connectivity index (χ0v) is 12.7.